The Labute approximate surface area is 116 Å². The molecule has 0 fully saturated rings. The van der Waals surface area contributed by atoms with Crippen molar-refractivity contribution < 1.29 is 9.84 Å². The first-order valence-electron chi connectivity index (χ1n) is 6.17. The molecule has 1 aromatic heterocycles. The van der Waals surface area contributed by atoms with Crippen LogP contribution in [-0.4, -0.2) is 43.5 Å². The summed E-state index contributed by atoms with van der Waals surface area (Å²) in [7, 11) is 1.66. The van der Waals surface area contributed by atoms with Gasteiger partial charge in [0.1, 0.15) is 0 Å². The number of aliphatic hydroxyl groups excluding tert-OH is 1. The highest BCUT2D eigenvalue weighted by molar-refractivity contribution is 7.18. The van der Waals surface area contributed by atoms with E-state index in [9.17, 15) is 0 Å². The third-order valence-corrected chi connectivity index (χ3v) is 3.85. The van der Waals surface area contributed by atoms with E-state index >= 15 is 0 Å². The lowest BCUT2D eigenvalue weighted by Crippen LogP contribution is -2.30. The van der Waals surface area contributed by atoms with E-state index in [4.69, 9.17) is 15.6 Å². The third kappa shape index (κ3) is 3.15. The largest absolute Gasteiger partial charge is 0.397 e. The van der Waals surface area contributed by atoms with Crippen LogP contribution in [0.1, 0.15) is 5.01 Å². The molecule has 104 valence electrons. The van der Waals surface area contributed by atoms with Gasteiger partial charge in [0, 0.05) is 20.2 Å². The van der Waals surface area contributed by atoms with Gasteiger partial charge in [-0.15, -0.1) is 11.3 Å². The van der Waals surface area contributed by atoms with Gasteiger partial charge in [-0.2, -0.15) is 0 Å². The summed E-state index contributed by atoms with van der Waals surface area (Å²) in [4.78, 5) is 6.50. The summed E-state index contributed by atoms with van der Waals surface area (Å²) in [5, 5.41) is 10.2. The molecule has 0 radical (unpaired) electrons. The van der Waals surface area contributed by atoms with E-state index in [1.807, 2.05) is 24.0 Å². The van der Waals surface area contributed by atoms with Crippen molar-refractivity contribution in [1.82, 2.24) is 4.98 Å². The quantitative estimate of drug-likeness (QED) is 0.788. The van der Waals surface area contributed by atoms with Gasteiger partial charge in [-0.3, -0.25) is 0 Å². The molecule has 1 aromatic carbocycles. The summed E-state index contributed by atoms with van der Waals surface area (Å²) in [5.74, 6) is 0. The van der Waals surface area contributed by atoms with E-state index in [0.717, 1.165) is 20.9 Å². The van der Waals surface area contributed by atoms with Crippen LogP contribution in [0.5, 0.6) is 0 Å². The zero-order valence-electron chi connectivity index (χ0n) is 11.2. The highest BCUT2D eigenvalue weighted by Crippen LogP contribution is 2.31. The first kappa shape index (κ1) is 14.0. The summed E-state index contributed by atoms with van der Waals surface area (Å²) >= 11 is 1.63. The highest BCUT2D eigenvalue weighted by Gasteiger charge is 2.12. The Kier molecular flexibility index (Phi) is 4.57. The SMILES string of the molecule is COCCN(CCO)c1cc2nc(C)sc2cc1N. The highest BCUT2D eigenvalue weighted by atomic mass is 32.1. The van der Waals surface area contributed by atoms with Gasteiger partial charge in [0.25, 0.3) is 0 Å². The fraction of sp³-hybridized carbons (Fsp3) is 0.462. The van der Waals surface area contributed by atoms with E-state index in [2.05, 4.69) is 4.98 Å². The molecule has 0 unspecified atom stereocenters. The van der Waals surface area contributed by atoms with Gasteiger partial charge in [0.15, 0.2) is 0 Å². The number of aliphatic hydroxyl groups is 1. The van der Waals surface area contributed by atoms with Crippen LogP contribution in [0, 0.1) is 6.92 Å². The zero-order chi connectivity index (χ0) is 13.8. The average Bonchev–Trinajstić information content (AvgIpc) is 2.73. The summed E-state index contributed by atoms with van der Waals surface area (Å²) in [5.41, 5.74) is 8.68. The molecule has 5 nitrogen and oxygen atoms in total. The van der Waals surface area contributed by atoms with Crippen molar-refractivity contribution in [3.63, 3.8) is 0 Å². The van der Waals surface area contributed by atoms with Crippen LogP contribution >= 0.6 is 11.3 Å². The summed E-state index contributed by atoms with van der Waals surface area (Å²) in [6.45, 7) is 3.87. The number of nitrogens with zero attached hydrogens (tertiary/aromatic N) is 2. The second-order valence-electron chi connectivity index (χ2n) is 4.32. The number of rotatable bonds is 6. The number of nitrogens with two attached hydrogens (primary N) is 1. The van der Waals surface area contributed by atoms with Crippen LogP contribution in [-0.2, 0) is 4.74 Å². The van der Waals surface area contributed by atoms with Crippen LogP contribution in [0.4, 0.5) is 11.4 Å². The van der Waals surface area contributed by atoms with Crippen molar-refractivity contribution in [1.29, 1.82) is 0 Å². The molecule has 0 aliphatic carbocycles. The smallest absolute Gasteiger partial charge is 0.0907 e. The molecule has 3 N–H and O–H groups in total. The number of aromatic nitrogens is 1. The van der Waals surface area contributed by atoms with Crippen molar-refractivity contribution in [2.24, 2.45) is 0 Å². The Morgan fingerprint density at radius 2 is 2.21 bits per heavy atom. The molecule has 0 amide bonds. The van der Waals surface area contributed by atoms with E-state index in [1.165, 1.54) is 0 Å². The molecular weight excluding hydrogens is 262 g/mol. The maximum absolute atomic E-state index is 9.17. The third-order valence-electron chi connectivity index (χ3n) is 2.92. The number of ether oxygens (including phenoxy) is 1. The lowest BCUT2D eigenvalue weighted by molar-refractivity contribution is 0.203. The van der Waals surface area contributed by atoms with Gasteiger partial charge < -0.3 is 20.5 Å². The molecule has 0 saturated carbocycles. The van der Waals surface area contributed by atoms with Crippen molar-refractivity contribution in [3.05, 3.63) is 17.1 Å². The second kappa shape index (κ2) is 6.18. The van der Waals surface area contributed by atoms with Crippen LogP contribution in [0.25, 0.3) is 10.2 Å². The molecular formula is C13H19N3O2S. The number of anilines is 2. The summed E-state index contributed by atoms with van der Waals surface area (Å²) < 4.78 is 6.19. The van der Waals surface area contributed by atoms with E-state index in [-0.39, 0.29) is 6.61 Å². The topological polar surface area (TPSA) is 71.6 Å². The Morgan fingerprint density at radius 1 is 1.42 bits per heavy atom. The molecule has 0 bridgehead atoms. The lowest BCUT2D eigenvalue weighted by atomic mass is 10.2. The van der Waals surface area contributed by atoms with Gasteiger partial charge in [-0.25, -0.2) is 4.98 Å². The Balaban J connectivity index is 2.36. The maximum Gasteiger partial charge on any atom is 0.0907 e. The van der Waals surface area contributed by atoms with Crippen LogP contribution < -0.4 is 10.6 Å². The van der Waals surface area contributed by atoms with Gasteiger partial charge in [0.2, 0.25) is 0 Å². The minimum absolute atomic E-state index is 0.0806. The minimum Gasteiger partial charge on any atom is -0.397 e. The standard InChI is InChI=1S/C13H19N3O2S/c1-9-15-11-8-12(10(14)7-13(11)19-9)16(3-5-17)4-6-18-2/h7-8,17H,3-6,14H2,1-2H3. The van der Waals surface area contributed by atoms with Crippen molar-refractivity contribution in [2.75, 3.05) is 44.0 Å². The molecule has 0 atom stereocenters. The van der Waals surface area contributed by atoms with Gasteiger partial charge in [0.05, 0.1) is 39.8 Å². The van der Waals surface area contributed by atoms with Crippen LogP contribution in [0.15, 0.2) is 12.1 Å². The summed E-state index contributed by atoms with van der Waals surface area (Å²) in [6.07, 6.45) is 0. The number of methoxy groups -OCH3 is 1. The molecule has 0 spiro atoms. The monoisotopic (exact) mass is 281 g/mol. The summed E-state index contributed by atoms with van der Waals surface area (Å²) in [6, 6.07) is 3.94. The Bertz CT molecular complexity index is 556. The molecule has 2 rings (SSSR count). The first-order valence-corrected chi connectivity index (χ1v) is 6.98. The lowest BCUT2D eigenvalue weighted by Gasteiger charge is -2.25. The van der Waals surface area contributed by atoms with E-state index in [0.29, 0.717) is 25.4 Å². The number of thiazole rings is 1. The van der Waals surface area contributed by atoms with Gasteiger partial charge in [-0.1, -0.05) is 0 Å². The maximum atomic E-state index is 9.17. The molecule has 0 aliphatic heterocycles. The predicted molar refractivity (Wildman–Crippen MR) is 79.9 cm³/mol. The molecule has 0 saturated heterocycles. The number of nitrogen functional groups attached to an aromatic ring is 1. The van der Waals surface area contributed by atoms with Crippen molar-refractivity contribution in [2.45, 2.75) is 6.92 Å². The fourth-order valence-electron chi connectivity index (χ4n) is 2.04. The van der Waals surface area contributed by atoms with Gasteiger partial charge >= 0.3 is 0 Å². The molecule has 1 heterocycles. The minimum atomic E-state index is 0.0806. The number of benzene rings is 1. The van der Waals surface area contributed by atoms with Gasteiger partial charge in [-0.05, 0) is 19.1 Å². The Morgan fingerprint density at radius 3 is 2.89 bits per heavy atom. The number of hydrogen-bond donors (Lipinski definition) is 2. The number of fused-ring (bicyclic) bond motifs is 1. The van der Waals surface area contributed by atoms with Crippen molar-refractivity contribution in [3.8, 4) is 0 Å². The fourth-order valence-corrected chi connectivity index (χ4v) is 2.90. The zero-order valence-corrected chi connectivity index (χ0v) is 12.0. The van der Waals surface area contributed by atoms with E-state index < -0.39 is 0 Å². The molecule has 19 heavy (non-hydrogen) atoms. The van der Waals surface area contributed by atoms with Crippen molar-refractivity contribution >= 4 is 32.9 Å². The predicted octanol–water partition coefficient (Wildman–Crippen LogP) is 1.63. The van der Waals surface area contributed by atoms with Crippen LogP contribution in [0.2, 0.25) is 0 Å². The normalized spacial score (nSPS) is 11.1. The van der Waals surface area contributed by atoms with E-state index in [1.54, 1.807) is 18.4 Å². The second-order valence-corrected chi connectivity index (χ2v) is 5.55. The first-order chi connectivity index (χ1) is 9.15. The molecule has 0 aliphatic rings. The Hall–Kier alpha value is -1.37. The molecule has 2 aromatic rings. The number of aryl methyl sites for hydroxylation is 1. The number of hydrogen-bond acceptors (Lipinski definition) is 6. The molecule has 6 heteroatoms. The average molecular weight is 281 g/mol. The van der Waals surface area contributed by atoms with Crippen LogP contribution in [0.3, 0.4) is 0 Å².